The maximum atomic E-state index is 14.5. The van der Waals surface area contributed by atoms with E-state index in [1.807, 2.05) is 39.0 Å². The summed E-state index contributed by atoms with van der Waals surface area (Å²) in [5, 5.41) is 13.0. The molecule has 0 aliphatic rings. The van der Waals surface area contributed by atoms with E-state index in [2.05, 4.69) is 11.4 Å². The number of hydrogen-bond acceptors (Lipinski definition) is 9. The topological polar surface area (TPSA) is 142 Å². The fourth-order valence-electron chi connectivity index (χ4n) is 5.19. The fourth-order valence-corrected chi connectivity index (χ4v) is 6.38. The van der Waals surface area contributed by atoms with Crippen molar-refractivity contribution in [3.8, 4) is 11.8 Å². The van der Waals surface area contributed by atoms with Crippen LogP contribution in [-0.4, -0.2) is 47.4 Å². The van der Waals surface area contributed by atoms with Gasteiger partial charge in [0.1, 0.15) is 27.1 Å². The van der Waals surface area contributed by atoms with Crippen molar-refractivity contribution in [1.82, 2.24) is 14.5 Å². The molecule has 1 unspecified atom stereocenters. The zero-order valence-corrected chi connectivity index (χ0v) is 29.1. The number of aryl methyl sites for hydroxylation is 1. The number of nitriles is 1. The van der Waals surface area contributed by atoms with Crippen LogP contribution in [0.25, 0.3) is 10.2 Å². The number of fused-ring (bicyclic) bond motifs is 1. The van der Waals surface area contributed by atoms with E-state index in [1.165, 1.54) is 25.5 Å². The van der Waals surface area contributed by atoms with Gasteiger partial charge >= 0.3 is 11.7 Å². The molecule has 2 aromatic heterocycles. The molecule has 3 rings (SSSR count). The zero-order chi connectivity index (χ0) is 34.4. The Hall–Kier alpha value is -3.95. The van der Waals surface area contributed by atoms with Gasteiger partial charge in [0.15, 0.2) is 0 Å². The standard InChI is InChI=1S/C34H46N4O7S/c1-10-22(11-2)36-31(41)33(6,7)38-28(39)26-21(5)27(30(40)44-13-4)46-29(26)37(32(38)42)18-25(45-20-34(8,12-3)19-35)23-16-14-15-17-24(23)43-9/h14-17,22,25H,10-13,18,20H2,1-9H3,(H,36,41)/t25-,34?/m0/s1. The summed E-state index contributed by atoms with van der Waals surface area (Å²) < 4.78 is 19.7. The summed E-state index contributed by atoms with van der Waals surface area (Å²) in [5.41, 5.74) is -2.81. The first kappa shape index (κ1) is 36.5. The van der Waals surface area contributed by atoms with Gasteiger partial charge < -0.3 is 19.5 Å². The molecule has 1 amide bonds. The van der Waals surface area contributed by atoms with Gasteiger partial charge in [-0.2, -0.15) is 5.26 Å². The molecule has 250 valence electrons. The number of para-hydroxylation sites is 1. The van der Waals surface area contributed by atoms with Crippen LogP contribution in [0, 0.1) is 23.7 Å². The first-order chi connectivity index (χ1) is 21.7. The van der Waals surface area contributed by atoms with Crippen molar-refractivity contribution in [2.45, 2.75) is 98.9 Å². The number of thiophene rings is 1. The molecule has 12 heteroatoms. The van der Waals surface area contributed by atoms with Crippen molar-refractivity contribution in [2.24, 2.45) is 5.41 Å². The van der Waals surface area contributed by atoms with Crippen molar-refractivity contribution >= 4 is 33.4 Å². The number of hydrogen-bond donors (Lipinski definition) is 1. The zero-order valence-electron chi connectivity index (χ0n) is 28.3. The van der Waals surface area contributed by atoms with Gasteiger partial charge in [-0.05, 0) is 65.5 Å². The second-order valence-corrected chi connectivity index (χ2v) is 13.1. The van der Waals surface area contributed by atoms with Gasteiger partial charge in [0.05, 0.1) is 43.7 Å². The first-order valence-corrected chi connectivity index (χ1v) is 16.5. The third kappa shape index (κ3) is 7.21. The summed E-state index contributed by atoms with van der Waals surface area (Å²) in [7, 11) is 1.53. The van der Waals surface area contributed by atoms with Crippen molar-refractivity contribution < 1.29 is 23.8 Å². The molecule has 2 heterocycles. The lowest BCUT2D eigenvalue weighted by molar-refractivity contribution is -0.129. The molecule has 0 spiro atoms. The Balaban J connectivity index is 2.37. The molecule has 1 N–H and O–H groups in total. The lowest BCUT2D eigenvalue weighted by Crippen LogP contribution is -2.57. The number of carbonyl (C=O) groups is 2. The predicted octanol–water partition coefficient (Wildman–Crippen LogP) is 5.46. The number of nitrogens with one attached hydrogen (secondary N) is 1. The van der Waals surface area contributed by atoms with Crippen LogP contribution in [0.4, 0.5) is 0 Å². The van der Waals surface area contributed by atoms with Gasteiger partial charge in [-0.25, -0.2) is 14.2 Å². The van der Waals surface area contributed by atoms with E-state index in [9.17, 15) is 24.4 Å². The summed E-state index contributed by atoms with van der Waals surface area (Å²) in [4.78, 5) is 55.8. The van der Waals surface area contributed by atoms with Gasteiger partial charge in [-0.3, -0.25) is 14.2 Å². The molecule has 11 nitrogen and oxygen atoms in total. The van der Waals surface area contributed by atoms with Crippen LogP contribution in [0.3, 0.4) is 0 Å². The van der Waals surface area contributed by atoms with E-state index in [4.69, 9.17) is 14.2 Å². The maximum absolute atomic E-state index is 14.5. The van der Waals surface area contributed by atoms with Gasteiger partial charge in [0, 0.05) is 11.6 Å². The highest BCUT2D eigenvalue weighted by Crippen LogP contribution is 2.34. The Kier molecular flexibility index (Phi) is 12.0. The minimum absolute atomic E-state index is 0.0567. The molecule has 0 bridgehead atoms. The average Bonchev–Trinajstić information content (AvgIpc) is 3.40. The second kappa shape index (κ2) is 15.1. The average molecular weight is 655 g/mol. The predicted molar refractivity (Wildman–Crippen MR) is 179 cm³/mol. The molecule has 0 aliphatic heterocycles. The highest BCUT2D eigenvalue weighted by molar-refractivity contribution is 7.20. The molecule has 0 saturated carbocycles. The van der Waals surface area contributed by atoms with Gasteiger partial charge in [0.2, 0.25) is 5.91 Å². The monoisotopic (exact) mass is 654 g/mol. The smallest absolute Gasteiger partial charge is 0.348 e. The van der Waals surface area contributed by atoms with Crippen molar-refractivity contribution in [1.29, 1.82) is 5.26 Å². The molecular formula is C34H46N4O7S. The highest BCUT2D eigenvalue weighted by Gasteiger charge is 2.37. The van der Waals surface area contributed by atoms with Crippen LogP contribution in [0.2, 0.25) is 0 Å². The third-order valence-corrected chi connectivity index (χ3v) is 9.89. The Morgan fingerprint density at radius 3 is 2.30 bits per heavy atom. The van der Waals surface area contributed by atoms with E-state index in [0.29, 0.717) is 36.1 Å². The van der Waals surface area contributed by atoms with E-state index < -0.39 is 40.2 Å². The molecule has 0 saturated heterocycles. The van der Waals surface area contributed by atoms with Gasteiger partial charge in [-0.15, -0.1) is 11.3 Å². The largest absolute Gasteiger partial charge is 0.496 e. The fraction of sp³-hybridized carbons (Fsp3) is 0.559. The van der Waals surface area contributed by atoms with Gasteiger partial charge in [0.25, 0.3) is 5.56 Å². The Labute approximate surface area is 274 Å². The minimum Gasteiger partial charge on any atom is -0.496 e. The number of amides is 1. The molecule has 0 fully saturated rings. The Bertz CT molecular complexity index is 1730. The number of aromatic nitrogens is 2. The molecule has 3 aromatic rings. The number of ether oxygens (including phenoxy) is 3. The number of carbonyl (C=O) groups excluding carboxylic acids is 2. The van der Waals surface area contributed by atoms with Crippen LogP contribution in [0.1, 0.15) is 94.6 Å². The summed E-state index contributed by atoms with van der Waals surface area (Å²) >= 11 is 0.988. The van der Waals surface area contributed by atoms with Crippen LogP contribution in [0.5, 0.6) is 5.75 Å². The SMILES string of the molecule is CCOC(=O)c1sc2c(c1C)c(=O)n(C(C)(C)C(=O)NC(CC)CC)c(=O)n2C[C@H](OCC(C)(C#N)CC)c1ccccc1OC. The number of esters is 1. The third-order valence-electron chi connectivity index (χ3n) is 8.60. The summed E-state index contributed by atoms with van der Waals surface area (Å²) in [6.45, 7) is 14.1. The molecule has 1 aromatic carbocycles. The minimum atomic E-state index is -1.59. The molecule has 0 radical (unpaired) electrons. The van der Waals surface area contributed by atoms with Crippen molar-refractivity contribution in [3.63, 3.8) is 0 Å². The van der Waals surface area contributed by atoms with E-state index >= 15 is 0 Å². The van der Waals surface area contributed by atoms with Crippen molar-refractivity contribution in [3.05, 3.63) is 61.1 Å². The maximum Gasteiger partial charge on any atom is 0.348 e. The Morgan fingerprint density at radius 1 is 1.09 bits per heavy atom. The number of nitrogens with zero attached hydrogens (tertiary/aromatic N) is 3. The van der Waals surface area contributed by atoms with E-state index in [-0.39, 0.29) is 40.9 Å². The molecular weight excluding hydrogens is 608 g/mol. The van der Waals surface area contributed by atoms with E-state index in [0.717, 1.165) is 15.9 Å². The Morgan fingerprint density at radius 2 is 1.74 bits per heavy atom. The number of rotatable bonds is 15. The lowest BCUT2D eigenvalue weighted by atomic mass is 9.90. The normalized spacial score (nSPS) is 13.7. The van der Waals surface area contributed by atoms with Crippen LogP contribution >= 0.6 is 11.3 Å². The van der Waals surface area contributed by atoms with E-state index in [1.54, 1.807) is 26.8 Å². The highest BCUT2D eigenvalue weighted by atomic mass is 32.1. The van der Waals surface area contributed by atoms with Crippen LogP contribution < -0.4 is 21.3 Å². The quantitative estimate of drug-likeness (QED) is 0.213. The molecule has 46 heavy (non-hydrogen) atoms. The molecule has 0 aliphatic carbocycles. The van der Waals surface area contributed by atoms with Crippen molar-refractivity contribution in [2.75, 3.05) is 20.3 Å². The lowest BCUT2D eigenvalue weighted by Gasteiger charge is -2.30. The number of benzene rings is 1. The molecule has 2 atom stereocenters. The number of methoxy groups -OCH3 is 1. The summed E-state index contributed by atoms with van der Waals surface area (Å²) in [6, 6.07) is 9.39. The van der Waals surface area contributed by atoms with Gasteiger partial charge in [-0.1, -0.05) is 39.0 Å². The van der Waals surface area contributed by atoms with Crippen LogP contribution in [0.15, 0.2) is 33.9 Å². The second-order valence-electron chi connectivity index (χ2n) is 12.1. The summed E-state index contributed by atoms with van der Waals surface area (Å²) in [5.74, 6) is -0.572. The first-order valence-electron chi connectivity index (χ1n) is 15.7. The summed E-state index contributed by atoms with van der Waals surface area (Å²) in [6.07, 6.45) is 1.09. The van der Waals surface area contributed by atoms with Crippen LogP contribution in [-0.2, 0) is 26.4 Å².